The maximum atomic E-state index is 11.2. The molecular formula is C11H19NO. The Labute approximate surface area is 80.6 Å². The molecule has 0 spiro atoms. The third-order valence-corrected chi connectivity index (χ3v) is 2.35. The fraction of sp³-hybridized carbons (Fsp3) is 0.727. The van der Waals surface area contributed by atoms with Gasteiger partial charge in [0.15, 0.2) is 5.78 Å². The molecule has 2 heteroatoms. The van der Waals surface area contributed by atoms with E-state index in [1.54, 1.807) is 6.08 Å². The lowest BCUT2D eigenvalue weighted by Gasteiger charge is -2.36. The van der Waals surface area contributed by atoms with Crippen LogP contribution in [0.15, 0.2) is 12.2 Å². The standard InChI is InChI=1S/C11H19NO/c1-9(2)11(13)5-4-6-12-7-10(3)8-12/h4-5,9-10H,6-8H2,1-3H3/b5-4+. The summed E-state index contributed by atoms with van der Waals surface area (Å²) in [5.41, 5.74) is 0. The summed E-state index contributed by atoms with van der Waals surface area (Å²) in [6.45, 7) is 9.40. The second kappa shape index (κ2) is 4.56. The summed E-state index contributed by atoms with van der Waals surface area (Å²) >= 11 is 0. The topological polar surface area (TPSA) is 20.3 Å². The number of hydrogen-bond acceptors (Lipinski definition) is 2. The van der Waals surface area contributed by atoms with E-state index in [9.17, 15) is 4.79 Å². The average Bonchev–Trinajstić information content (AvgIpc) is 2.00. The summed E-state index contributed by atoms with van der Waals surface area (Å²) in [4.78, 5) is 13.5. The second-order valence-electron chi connectivity index (χ2n) is 4.28. The highest BCUT2D eigenvalue weighted by Gasteiger charge is 2.20. The van der Waals surface area contributed by atoms with Gasteiger partial charge >= 0.3 is 0 Å². The van der Waals surface area contributed by atoms with Crippen LogP contribution in [0.3, 0.4) is 0 Å². The van der Waals surface area contributed by atoms with E-state index in [0.717, 1.165) is 12.5 Å². The minimum atomic E-state index is 0.131. The quantitative estimate of drug-likeness (QED) is 0.615. The third-order valence-electron chi connectivity index (χ3n) is 2.35. The highest BCUT2D eigenvalue weighted by atomic mass is 16.1. The monoisotopic (exact) mass is 181 g/mol. The Kier molecular flexibility index (Phi) is 3.67. The molecule has 0 aromatic heterocycles. The number of carbonyl (C=O) groups excluding carboxylic acids is 1. The van der Waals surface area contributed by atoms with Crippen molar-refractivity contribution in [1.29, 1.82) is 0 Å². The minimum Gasteiger partial charge on any atom is -0.299 e. The summed E-state index contributed by atoms with van der Waals surface area (Å²) in [7, 11) is 0. The van der Waals surface area contributed by atoms with Crippen molar-refractivity contribution in [3.63, 3.8) is 0 Å². The molecule has 0 aliphatic carbocycles. The van der Waals surface area contributed by atoms with Crippen LogP contribution in [-0.2, 0) is 4.79 Å². The van der Waals surface area contributed by atoms with E-state index in [1.165, 1.54) is 13.1 Å². The van der Waals surface area contributed by atoms with E-state index >= 15 is 0 Å². The number of rotatable bonds is 4. The zero-order valence-corrected chi connectivity index (χ0v) is 8.79. The number of ketones is 1. The molecule has 1 rings (SSSR count). The van der Waals surface area contributed by atoms with Crippen molar-refractivity contribution >= 4 is 5.78 Å². The maximum Gasteiger partial charge on any atom is 0.157 e. The van der Waals surface area contributed by atoms with Crippen LogP contribution in [0, 0.1) is 11.8 Å². The summed E-state index contributed by atoms with van der Waals surface area (Å²) in [5.74, 6) is 1.20. The molecule has 1 aliphatic rings. The van der Waals surface area contributed by atoms with Crippen molar-refractivity contribution in [2.24, 2.45) is 11.8 Å². The zero-order valence-electron chi connectivity index (χ0n) is 8.79. The first-order valence-corrected chi connectivity index (χ1v) is 5.02. The molecule has 0 saturated carbocycles. The molecular weight excluding hydrogens is 162 g/mol. The van der Waals surface area contributed by atoms with E-state index in [0.29, 0.717) is 0 Å². The molecule has 1 heterocycles. The highest BCUT2D eigenvalue weighted by molar-refractivity contribution is 5.91. The Morgan fingerprint density at radius 2 is 2.15 bits per heavy atom. The van der Waals surface area contributed by atoms with E-state index in [4.69, 9.17) is 0 Å². The van der Waals surface area contributed by atoms with Gasteiger partial charge in [-0.15, -0.1) is 0 Å². The van der Waals surface area contributed by atoms with Gasteiger partial charge in [-0.3, -0.25) is 9.69 Å². The summed E-state index contributed by atoms with van der Waals surface area (Å²) in [5, 5.41) is 0. The molecule has 1 aliphatic heterocycles. The molecule has 0 radical (unpaired) electrons. The van der Waals surface area contributed by atoms with Crippen LogP contribution in [0.1, 0.15) is 20.8 Å². The van der Waals surface area contributed by atoms with Crippen molar-refractivity contribution in [2.75, 3.05) is 19.6 Å². The molecule has 0 unspecified atom stereocenters. The number of likely N-dealkylation sites (tertiary alicyclic amines) is 1. The minimum absolute atomic E-state index is 0.131. The molecule has 0 aromatic rings. The van der Waals surface area contributed by atoms with Crippen LogP contribution in [-0.4, -0.2) is 30.3 Å². The summed E-state index contributed by atoms with van der Waals surface area (Å²) < 4.78 is 0. The van der Waals surface area contributed by atoms with Crippen molar-refractivity contribution in [2.45, 2.75) is 20.8 Å². The van der Waals surface area contributed by atoms with Crippen LogP contribution in [0.2, 0.25) is 0 Å². The van der Waals surface area contributed by atoms with Crippen LogP contribution in [0.25, 0.3) is 0 Å². The fourth-order valence-electron chi connectivity index (χ4n) is 1.49. The van der Waals surface area contributed by atoms with E-state index in [-0.39, 0.29) is 11.7 Å². The van der Waals surface area contributed by atoms with Crippen LogP contribution >= 0.6 is 0 Å². The molecule has 1 saturated heterocycles. The van der Waals surface area contributed by atoms with Gasteiger partial charge in [-0.25, -0.2) is 0 Å². The van der Waals surface area contributed by atoms with Crippen LogP contribution < -0.4 is 0 Å². The van der Waals surface area contributed by atoms with Gasteiger partial charge in [0.1, 0.15) is 0 Å². The van der Waals surface area contributed by atoms with Gasteiger partial charge in [0.05, 0.1) is 0 Å². The largest absolute Gasteiger partial charge is 0.299 e. The lowest BCUT2D eigenvalue weighted by Crippen LogP contribution is -2.44. The molecule has 13 heavy (non-hydrogen) atoms. The molecule has 0 N–H and O–H groups in total. The molecule has 0 atom stereocenters. The average molecular weight is 181 g/mol. The van der Waals surface area contributed by atoms with Crippen molar-refractivity contribution in [1.82, 2.24) is 4.90 Å². The van der Waals surface area contributed by atoms with E-state index in [2.05, 4.69) is 11.8 Å². The molecule has 2 nitrogen and oxygen atoms in total. The van der Waals surface area contributed by atoms with Gasteiger partial charge in [0.2, 0.25) is 0 Å². The van der Waals surface area contributed by atoms with Crippen molar-refractivity contribution in [3.05, 3.63) is 12.2 Å². The molecule has 1 fully saturated rings. The normalized spacial score (nSPS) is 19.7. The second-order valence-corrected chi connectivity index (χ2v) is 4.28. The Morgan fingerprint density at radius 3 is 2.62 bits per heavy atom. The van der Waals surface area contributed by atoms with Gasteiger partial charge in [0, 0.05) is 25.6 Å². The summed E-state index contributed by atoms with van der Waals surface area (Å²) in [6.07, 6.45) is 3.70. The molecule has 0 amide bonds. The Balaban J connectivity index is 2.15. The third kappa shape index (κ3) is 3.31. The number of hydrogen-bond donors (Lipinski definition) is 0. The van der Waals surface area contributed by atoms with Crippen molar-refractivity contribution in [3.8, 4) is 0 Å². The van der Waals surface area contributed by atoms with Gasteiger partial charge < -0.3 is 0 Å². The van der Waals surface area contributed by atoms with Crippen molar-refractivity contribution < 1.29 is 4.79 Å². The van der Waals surface area contributed by atoms with E-state index < -0.39 is 0 Å². The van der Waals surface area contributed by atoms with Gasteiger partial charge in [-0.05, 0) is 12.0 Å². The van der Waals surface area contributed by atoms with Crippen LogP contribution in [0.5, 0.6) is 0 Å². The first-order chi connectivity index (χ1) is 6.09. The SMILES string of the molecule is CC1CN(C/C=C/C(=O)C(C)C)C1. The first-order valence-electron chi connectivity index (χ1n) is 5.02. The predicted octanol–water partition coefficient (Wildman–Crippen LogP) is 1.72. The molecule has 0 aromatic carbocycles. The fourth-order valence-corrected chi connectivity index (χ4v) is 1.49. The van der Waals surface area contributed by atoms with E-state index in [1.807, 2.05) is 19.9 Å². The Hall–Kier alpha value is -0.630. The number of allylic oxidation sites excluding steroid dienone is 1. The van der Waals surface area contributed by atoms with Crippen LogP contribution in [0.4, 0.5) is 0 Å². The first kappa shape index (κ1) is 10.5. The number of nitrogens with zero attached hydrogens (tertiary/aromatic N) is 1. The lowest BCUT2D eigenvalue weighted by molar-refractivity contribution is -0.117. The van der Waals surface area contributed by atoms with Gasteiger partial charge in [-0.2, -0.15) is 0 Å². The zero-order chi connectivity index (χ0) is 9.84. The maximum absolute atomic E-state index is 11.2. The number of carbonyl (C=O) groups is 1. The Bertz CT molecular complexity index is 202. The Morgan fingerprint density at radius 1 is 1.54 bits per heavy atom. The summed E-state index contributed by atoms with van der Waals surface area (Å²) in [6, 6.07) is 0. The molecule has 0 bridgehead atoms. The predicted molar refractivity (Wildman–Crippen MR) is 54.6 cm³/mol. The van der Waals surface area contributed by atoms with Gasteiger partial charge in [-0.1, -0.05) is 26.8 Å². The lowest BCUT2D eigenvalue weighted by atomic mass is 10.0. The highest BCUT2D eigenvalue weighted by Crippen LogP contribution is 2.13. The molecule has 74 valence electrons. The van der Waals surface area contributed by atoms with Gasteiger partial charge in [0.25, 0.3) is 0 Å². The smallest absolute Gasteiger partial charge is 0.157 e.